The second-order valence-electron chi connectivity index (χ2n) is 6.78. The molecule has 0 bridgehead atoms. The fourth-order valence-corrected chi connectivity index (χ4v) is 3.68. The van der Waals surface area contributed by atoms with Crippen molar-refractivity contribution >= 4 is 35.0 Å². The molecule has 3 aromatic rings. The number of alkyl halides is 3. The van der Waals surface area contributed by atoms with Crippen LogP contribution in [0.15, 0.2) is 46.2 Å². The molecule has 0 spiro atoms. The number of benzene rings is 1. The molecule has 0 fully saturated rings. The molecular formula is C19H18ClF3N4O2S. The summed E-state index contributed by atoms with van der Waals surface area (Å²) < 4.78 is 46.8. The zero-order chi connectivity index (χ0) is 21.9. The first-order valence-corrected chi connectivity index (χ1v) is 10.3. The van der Waals surface area contributed by atoms with E-state index in [1.54, 1.807) is 12.1 Å². The maximum absolute atomic E-state index is 13.2. The van der Waals surface area contributed by atoms with E-state index in [0.717, 1.165) is 17.8 Å². The maximum Gasteiger partial charge on any atom is 0.418 e. The van der Waals surface area contributed by atoms with Crippen molar-refractivity contribution in [2.24, 2.45) is 5.92 Å². The molecule has 2 heterocycles. The van der Waals surface area contributed by atoms with Crippen LogP contribution >= 0.6 is 23.4 Å². The quantitative estimate of drug-likeness (QED) is 0.467. The van der Waals surface area contributed by atoms with Crippen molar-refractivity contribution in [3.05, 3.63) is 47.2 Å². The largest absolute Gasteiger partial charge is 0.461 e. The first-order chi connectivity index (χ1) is 14.2. The highest BCUT2D eigenvalue weighted by molar-refractivity contribution is 7.99. The van der Waals surface area contributed by atoms with E-state index in [4.69, 9.17) is 16.0 Å². The lowest BCUT2D eigenvalue weighted by molar-refractivity contribution is -0.137. The van der Waals surface area contributed by atoms with E-state index in [1.807, 2.05) is 18.4 Å². The number of rotatable bonds is 7. The van der Waals surface area contributed by atoms with Crippen molar-refractivity contribution in [3.63, 3.8) is 0 Å². The topological polar surface area (TPSA) is 73.0 Å². The van der Waals surface area contributed by atoms with Gasteiger partial charge in [-0.05, 0) is 30.2 Å². The number of nitrogens with zero attached hydrogens (tertiary/aromatic N) is 3. The molecule has 11 heteroatoms. The Bertz CT molecular complexity index is 1020. The van der Waals surface area contributed by atoms with Gasteiger partial charge in [-0.1, -0.05) is 43.3 Å². The van der Waals surface area contributed by atoms with Gasteiger partial charge in [0.25, 0.3) is 0 Å². The standard InChI is InChI=1S/C19H18ClF3N4O2S/c1-11(2)9-27-17(14-7-4-8-29-14)25-26-18(27)30-10-15(28)24-16-12(19(21,22)23)5-3-6-13(16)20/h3-8,11H,9-10H2,1-2H3,(H,24,28). The van der Waals surface area contributed by atoms with Gasteiger partial charge in [0.1, 0.15) is 0 Å². The summed E-state index contributed by atoms with van der Waals surface area (Å²) >= 11 is 6.95. The Morgan fingerprint density at radius 3 is 2.67 bits per heavy atom. The number of para-hydroxylation sites is 1. The number of carbonyl (C=O) groups excluding carboxylic acids is 1. The van der Waals surface area contributed by atoms with Crippen LogP contribution in [-0.2, 0) is 17.5 Å². The second-order valence-corrected chi connectivity index (χ2v) is 8.13. The van der Waals surface area contributed by atoms with Gasteiger partial charge in [-0.25, -0.2) is 0 Å². The van der Waals surface area contributed by atoms with Crippen LogP contribution in [0.5, 0.6) is 0 Å². The Morgan fingerprint density at radius 1 is 1.27 bits per heavy atom. The molecule has 0 aliphatic rings. The summed E-state index contributed by atoms with van der Waals surface area (Å²) in [5.41, 5.74) is -1.46. The first kappa shape index (κ1) is 22.2. The molecule has 1 N–H and O–H groups in total. The van der Waals surface area contributed by atoms with Gasteiger partial charge < -0.3 is 9.73 Å². The fraction of sp³-hybridized carbons (Fsp3) is 0.316. The Kier molecular flexibility index (Phi) is 6.77. The molecule has 1 amide bonds. The van der Waals surface area contributed by atoms with Gasteiger partial charge in [0, 0.05) is 6.54 Å². The van der Waals surface area contributed by atoms with Crippen LogP contribution in [0.1, 0.15) is 19.4 Å². The van der Waals surface area contributed by atoms with E-state index < -0.39 is 23.3 Å². The highest BCUT2D eigenvalue weighted by Crippen LogP contribution is 2.38. The minimum atomic E-state index is -4.64. The Hall–Kier alpha value is -2.46. The summed E-state index contributed by atoms with van der Waals surface area (Å²) in [5, 5.41) is 10.8. The predicted molar refractivity (Wildman–Crippen MR) is 108 cm³/mol. The van der Waals surface area contributed by atoms with Crippen molar-refractivity contribution in [2.75, 3.05) is 11.1 Å². The number of hydrogen-bond donors (Lipinski definition) is 1. The summed E-state index contributed by atoms with van der Waals surface area (Å²) in [5.74, 6) is 0.502. The lowest BCUT2D eigenvalue weighted by atomic mass is 10.1. The van der Waals surface area contributed by atoms with Crippen molar-refractivity contribution < 1.29 is 22.4 Å². The highest BCUT2D eigenvalue weighted by atomic mass is 35.5. The molecule has 30 heavy (non-hydrogen) atoms. The third-order valence-electron chi connectivity index (χ3n) is 3.92. The maximum atomic E-state index is 13.2. The van der Waals surface area contributed by atoms with E-state index in [-0.39, 0.29) is 16.7 Å². The zero-order valence-corrected chi connectivity index (χ0v) is 17.6. The summed E-state index contributed by atoms with van der Waals surface area (Å²) in [4.78, 5) is 12.4. The summed E-state index contributed by atoms with van der Waals surface area (Å²) in [7, 11) is 0. The van der Waals surface area contributed by atoms with Crippen LogP contribution in [0.2, 0.25) is 5.02 Å². The smallest absolute Gasteiger partial charge is 0.418 e. The van der Waals surface area contributed by atoms with Gasteiger partial charge in [-0.2, -0.15) is 13.2 Å². The molecule has 160 valence electrons. The molecule has 0 aliphatic carbocycles. The van der Waals surface area contributed by atoms with Crippen molar-refractivity contribution in [1.29, 1.82) is 0 Å². The van der Waals surface area contributed by atoms with Gasteiger partial charge in [0.05, 0.1) is 28.3 Å². The lowest BCUT2D eigenvalue weighted by Crippen LogP contribution is -2.19. The molecular weight excluding hydrogens is 441 g/mol. The average molecular weight is 459 g/mol. The van der Waals surface area contributed by atoms with Gasteiger partial charge in [-0.3, -0.25) is 9.36 Å². The summed E-state index contributed by atoms with van der Waals surface area (Å²) in [6.45, 7) is 4.61. The minimum absolute atomic E-state index is 0.170. The van der Waals surface area contributed by atoms with Gasteiger partial charge in [-0.15, -0.1) is 10.2 Å². The molecule has 0 atom stereocenters. The van der Waals surface area contributed by atoms with Crippen LogP contribution in [0, 0.1) is 5.92 Å². The van der Waals surface area contributed by atoms with Crippen LogP contribution in [0.4, 0.5) is 18.9 Å². The average Bonchev–Trinajstić information content (AvgIpc) is 3.30. The van der Waals surface area contributed by atoms with Gasteiger partial charge in [0.2, 0.25) is 5.91 Å². The van der Waals surface area contributed by atoms with Crippen molar-refractivity contribution in [2.45, 2.75) is 31.7 Å². The number of thioether (sulfide) groups is 1. The summed E-state index contributed by atoms with van der Waals surface area (Å²) in [6, 6.07) is 6.81. The number of nitrogens with one attached hydrogen (secondary N) is 1. The van der Waals surface area contributed by atoms with Crippen LogP contribution < -0.4 is 5.32 Å². The number of aromatic nitrogens is 3. The molecule has 3 rings (SSSR count). The third-order valence-corrected chi connectivity index (χ3v) is 5.20. The third kappa shape index (κ3) is 5.17. The lowest BCUT2D eigenvalue weighted by Gasteiger charge is -2.15. The Morgan fingerprint density at radius 2 is 2.03 bits per heavy atom. The number of halogens is 4. The predicted octanol–water partition coefficient (Wildman–Crippen LogP) is 5.60. The van der Waals surface area contributed by atoms with Gasteiger partial charge in [0.15, 0.2) is 16.7 Å². The van der Waals surface area contributed by atoms with Crippen LogP contribution in [0.3, 0.4) is 0 Å². The molecule has 6 nitrogen and oxygen atoms in total. The highest BCUT2D eigenvalue weighted by Gasteiger charge is 2.34. The monoisotopic (exact) mass is 458 g/mol. The molecule has 0 radical (unpaired) electrons. The fourth-order valence-electron chi connectivity index (χ4n) is 2.71. The normalized spacial score (nSPS) is 11.8. The summed E-state index contributed by atoms with van der Waals surface area (Å²) in [6.07, 6.45) is -3.12. The number of carbonyl (C=O) groups is 1. The minimum Gasteiger partial charge on any atom is -0.461 e. The molecule has 0 aliphatic heterocycles. The molecule has 1 aromatic carbocycles. The van der Waals surface area contributed by atoms with Crippen LogP contribution in [-0.4, -0.2) is 26.4 Å². The Balaban J connectivity index is 1.76. The first-order valence-electron chi connectivity index (χ1n) is 8.92. The molecule has 2 aromatic heterocycles. The molecule has 0 unspecified atom stereocenters. The molecule has 0 saturated heterocycles. The number of anilines is 1. The van der Waals surface area contributed by atoms with E-state index in [1.165, 1.54) is 18.4 Å². The van der Waals surface area contributed by atoms with Gasteiger partial charge >= 0.3 is 6.18 Å². The van der Waals surface area contributed by atoms with Crippen molar-refractivity contribution in [3.8, 4) is 11.6 Å². The van der Waals surface area contributed by atoms with Crippen LogP contribution in [0.25, 0.3) is 11.6 Å². The SMILES string of the molecule is CC(C)Cn1c(SCC(=O)Nc2c(Cl)cccc2C(F)(F)F)nnc1-c1ccco1. The van der Waals surface area contributed by atoms with Crippen molar-refractivity contribution in [1.82, 2.24) is 14.8 Å². The number of amides is 1. The van der Waals surface area contributed by atoms with E-state index >= 15 is 0 Å². The second kappa shape index (κ2) is 9.13. The Labute approximate surface area is 179 Å². The number of furan rings is 1. The zero-order valence-electron chi connectivity index (χ0n) is 16.0. The van der Waals surface area contributed by atoms with E-state index in [9.17, 15) is 18.0 Å². The molecule has 0 saturated carbocycles. The van der Waals surface area contributed by atoms with E-state index in [2.05, 4.69) is 15.5 Å². The van der Waals surface area contributed by atoms with E-state index in [0.29, 0.717) is 23.3 Å². The number of hydrogen-bond acceptors (Lipinski definition) is 5.